The molecule has 1 heterocycles. The van der Waals surface area contributed by atoms with Crippen LogP contribution in [0.25, 0.3) is 22.1 Å². The fourth-order valence-electron chi connectivity index (χ4n) is 3.38. The summed E-state index contributed by atoms with van der Waals surface area (Å²) < 4.78 is 35.6. The van der Waals surface area contributed by atoms with Crippen molar-refractivity contribution >= 4 is 32.4 Å². The lowest BCUT2D eigenvalue weighted by Gasteiger charge is -2.08. The van der Waals surface area contributed by atoms with Crippen molar-refractivity contribution in [1.29, 1.82) is 0 Å². The summed E-state index contributed by atoms with van der Waals surface area (Å²) in [6.07, 6.45) is 0. The van der Waals surface area contributed by atoms with Gasteiger partial charge in [0.05, 0.1) is 17.8 Å². The van der Waals surface area contributed by atoms with Crippen LogP contribution in [0.4, 0.5) is 5.69 Å². The highest BCUT2D eigenvalue weighted by molar-refractivity contribution is 7.91. The number of carbonyl (C=O) groups is 1. The number of carbonyl (C=O) groups excluding carboxylic acids is 1. The number of amides is 1. The Morgan fingerprint density at radius 2 is 1.77 bits per heavy atom. The Hall–Kier alpha value is -3.58. The quantitative estimate of drug-likeness (QED) is 0.452. The summed E-state index contributed by atoms with van der Waals surface area (Å²) >= 11 is 0. The molecule has 0 saturated heterocycles. The first-order chi connectivity index (χ1) is 14.9. The zero-order valence-corrected chi connectivity index (χ0v) is 17.9. The summed E-state index contributed by atoms with van der Waals surface area (Å²) in [5.41, 5.74) is 2.38. The fourth-order valence-corrected chi connectivity index (χ4v) is 4.30. The number of ether oxygens (including phenoxy) is 1. The molecule has 0 aliphatic rings. The average Bonchev–Trinajstić information content (AvgIpc) is 3.18. The first kappa shape index (κ1) is 20.7. The predicted octanol–water partition coefficient (Wildman–Crippen LogP) is 5.15. The number of nitrogens with one attached hydrogen (secondary N) is 1. The highest BCUT2D eigenvalue weighted by Gasteiger charge is 2.23. The van der Waals surface area contributed by atoms with Crippen LogP contribution in [0.5, 0.6) is 5.75 Å². The standard InChI is InChI=1S/C24H21NO5S/c1-3-31(27,28)19-11-7-10-17(14-19)25-24(26)23-22(16-8-5-4-6-9-16)20-13-12-18(29-2)15-21(20)30-23/h4-15H,3H2,1-2H3,(H,25,26). The van der Waals surface area contributed by atoms with Gasteiger partial charge >= 0.3 is 0 Å². The van der Waals surface area contributed by atoms with Crippen molar-refractivity contribution in [2.24, 2.45) is 0 Å². The van der Waals surface area contributed by atoms with Crippen LogP contribution in [0.1, 0.15) is 17.5 Å². The monoisotopic (exact) mass is 435 g/mol. The molecular weight excluding hydrogens is 414 g/mol. The van der Waals surface area contributed by atoms with E-state index in [1.165, 1.54) is 12.1 Å². The molecule has 0 aliphatic carbocycles. The fraction of sp³-hybridized carbons (Fsp3) is 0.125. The molecule has 6 nitrogen and oxygen atoms in total. The third kappa shape index (κ3) is 4.04. The largest absolute Gasteiger partial charge is 0.497 e. The molecule has 4 aromatic rings. The molecule has 3 aromatic carbocycles. The molecule has 7 heteroatoms. The molecule has 1 N–H and O–H groups in total. The molecule has 0 aliphatic heterocycles. The number of fused-ring (bicyclic) bond motifs is 1. The molecule has 0 fully saturated rings. The van der Waals surface area contributed by atoms with Crippen LogP contribution >= 0.6 is 0 Å². The summed E-state index contributed by atoms with van der Waals surface area (Å²) in [5, 5.41) is 3.54. The van der Waals surface area contributed by atoms with Crippen molar-refractivity contribution < 1.29 is 22.4 Å². The van der Waals surface area contributed by atoms with Crippen molar-refractivity contribution in [3.8, 4) is 16.9 Å². The number of furan rings is 1. The first-order valence-corrected chi connectivity index (χ1v) is 11.4. The second-order valence-electron chi connectivity index (χ2n) is 6.92. The molecule has 0 unspecified atom stereocenters. The zero-order chi connectivity index (χ0) is 22.0. The Morgan fingerprint density at radius 3 is 2.48 bits per heavy atom. The number of anilines is 1. The van der Waals surface area contributed by atoms with Crippen LogP contribution in [-0.2, 0) is 9.84 Å². The van der Waals surface area contributed by atoms with E-state index in [2.05, 4.69) is 5.32 Å². The maximum atomic E-state index is 13.2. The van der Waals surface area contributed by atoms with Gasteiger partial charge in [0.1, 0.15) is 11.3 Å². The number of hydrogen-bond acceptors (Lipinski definition) is 5. The minimum Gasteiger partial charge on any atom is -0.497 e. The minimum atomic E-state index is -3.39. The maximum absolute atomic E-state index is 13.2. The Labute approximate surface area is 180 Å². The molecular formula is C24H21NO5S. The van der Waals surface area contributed by atoms with E-state index in [0.717, 1.165) is 10.9 Å². The van der Waals surface area contributed by atoms with Gasteiger partial charge in [-0.25, -0.2) is 8.42 Å². The number of benzene rings is 3. The van der Waals surface area contributed by atoms with Crippen LogP contribution in [0.3, 0.4) is 0 Å². The SMILES string of the molecule is CCS(=O)(=O)c1cccc(NC(=O)c2oc3cc(OC)ccc3c2-c2ccccc2)c1. The molecule has 1 amide bonds. The Morgan fingerprint density at radius 1 is 1.00 bits per heavy atom. The molecule has 0 spiro atoms. The number of methoxy groups -OCH3 is 1. The second-order valence-corrected chi connectivity index (χ2v) is 9.20. The van der Waals surface area contributed by atoms with Crippen LogP contribution in [0.15, 0.2) is 82.1 Å². The van der Waals surface area contributed by atoms with E-state index in [1.54, 1.807) is 32.2 Å². The third-order valence-electron chi connectivity index (χ3n) is 5.00. The lowest BCUT2D eigenvalue weighted by atomic mass is 10.0. The van der Waals surface area contributed by atoms with Gasteiger partial charge in [0.2, 0.25) is 5.76 Å². The maximum Gasteiger partial charge on any atom is 0.292 e. The van der Waals surface area contributed by atoms with E-state index in [9.17, 15) is 13.2 Å². The first-order valence-electron chi connectivity index (χ1n) is 9.73. The Kier molecular flexibility index (Phi) is 5.52. The summed E-state index contributed by atoms with van der Waals surface area (Å²) in [6, 6.07) is 21.1. The molecule has 0 radical (unpaired) electrons. The van der Waals surface area contributed by atoms with Crippen molar-refractivity contribution in [2.45, 2.75) is 11.8 Å². The van der Waals surface area contributed by atoms with Gasteiger partial charge in [-0.05, 0) is 35.9 Å². The summed E-state index contributed by atoms with van der Waals surface area (Å²) in [6.45, 7) is 1.58. The van der Waals surface area contributed by atoms with Gasteiger partial charge in [-0.3, -0.25) is 4.79 Å². The summed E-state index contributed by atoms with van der Waals surface area (Å²) in [5.74, 6) is 0.261. The van der Waals surface area contributed by atoms with Gasteiger partial charge in [-0.1, -0.05) is 43.3 Å². The molecule has 0 atom stereocenters. The van der Waals surface area contributed by atoms with Gasteiger partial charge in [-0.2, -0.15) is 0 Å². The van der Waals surface area contributed by atoms with Crippen LogP contribution in [0.2, 0.25) is 0 Å². The van der Waals surface area contributed by atoms with Crippen molar-refractivity contribution in [2.75, 3.05) is 18.2 Å². The summed E-state index contributed by atoms with van der Waals surface area (Å²) in [4.78, 5) is 13.3. The number of hydrogen-bond donors (Lipinski definition) is 1. The van der Waals surface area contributed by atoms with Gasteiger partial charge in [0, 0.05) is 22.7 Å². The smallest absolute Gasteiger partial charge is 0.292 e. The van der Waals surface area contributed by atoms with Crippen LogP contribution in [0, 0.1) is 0 Å². The molecule has 158 valence electrons. The second kappa shape index (κ2) is 8.28. The van der Waals surface area contributed by atoms with Gasteiger partial charge in [-0.15, -0.1) is 0 Å². The third-order valence-corrected chi connectivity index (χ3v) is 6.73. The van der Waals surface area contributed by atoms with Gasteiger partial charge < -0.3 is 14.5 Å². The molecule has 0 saturated carbocycles. The van der Waals surface area contributed by atoms with E-state index >= 15 is 0 Å². The van der Waals surface area contributed by atoms with E-state index in [-0.39, 0.29) is 16.4 Å². The number of sulfone groups is 1. The van der Waals surface area contributed by atoms with E-state index in [0.29, 0.717) is 22.6 Å². The van der Waals surface area contributed by atoms with Crippen LogP contribution < -0.4 is 10.1 Å². The molecule has 0 bridgehead atoms. The van der Waals surface area contributed by atoms with Gasteiger partial charge in [0.25, 0.3) is 5.91 Å². The summed E-state index contributed by atoms with van der Waals surface area (Å²) in [7, 11) is -1.83. The topological polar surface area (TPSA) is 85.6 Å². The zero-order valence-electron chi connectivity index (χ0n) is 17.1. The highest BCUT2D eigenvalue weighted by atomic mass is 32.2. The molecule has 31 heavy (non-hydrogen) atoms. The highest BCUT2D eigenvalue weighted by Crippen LogP contribution is 2.37. The van der Waals surface area contributed by atoms with E-state index < -0.39 is 15.7 Å². The lowest BCUT2D eigenvalue weighted by molar-refractivity contribution is 0.0999. The van der Waals surface area contributed by atoms with Crippen molar-refractivity contribution in [3.05, 3.63) is 78.6 Å². The van der Waals surface area contributed by atoms with E-state index in [4.69, 9.17) is 9.15 Å². The lowest BCUT2D eigenvalue weighted by Crippen LogP contribution is -2.13. The van der Waals surface area contributed by atoms with Crippen molar-refractivity contribution in [1.82, 2.24) is 0 Å². The average molecular weight is 436 g/mol. The number of rotatable bonds is 6. The van der Waals surface area contributed by atoms with E-state index in [1.807, 2.05) is 42.5 Å². The van der Waals surface area contributed by atoms with Crippen molar-refractivity contribution in [3.63, 3.8) is 0 Å². The molecule has 1 aromatic heterocycles. The predicted molar refractivity (Wildman–Crippen MR) is 120 cm³/mol. The Balaban J connectivity index is 1.79. The molecule has 4 rings (SSSR count). The Bertz CT molecular complexity index is 1360. The van der Waals surface area contributed by atoms with Gasteiger partial charge in [0.15, 0.2) is 9.84 Å². The van der Waals surface area contributed by atoms with Crippen LogP contribution in [-0.4, -0.2) is 27.2 Å². The normalized spacial score (nSPS) is 11.4. The minimum absolute atomic E-state index is 0.0199.